The Bertz CT molecular complexity index is 292. The summed E-state index contributed by atoms with van der Waals surface area (Å²) >= 11 is 0. The molecule has 14 heavy (non-hydrogen) atoms. The van der Waals surface area contributed by atoms with E-state index in [4.69, 9.17) is 4.74 Å². The molecule has 0 saturated carbocycles. The highest BCUT2D eigenvalue weighted by molar-refractivity contribution is 5.37. The topological polar surface area (TPSA) is 21.3 Å². The normalized spacial score (nSPS) is 12.6. The summed E-state index contributed by atoms with van der Waals surface area (Å²) in [5.74, 6) is 0.969. The fourth-order valence-electron chi connectivity index (χ4n) is 1.66. The van der Waals surface area contributed by atoms with Gasteiger partial charge in [0.2, 0.25) is 0 Å². The van der Waals surface area contributed by atoms with Gasteiger partial charge in [0.15, 0.2) is 0 Å². The summed E-state index contributed by atoms with van der Waals surface area (Å²) in [6.07, 6.45) is 1.09. The number of ether oxygens (including phenoxy) is 1. The molecule has 1 atom stereocenters. The van der Waals surface area contributed by atoms with Gasteiger partial charge in [-0.25, -0.2) is 0 Å². The van der Waals surface area contributed by atoms with E-state index in [9.17, 15) is 0 Å². The number of hydrogen-bond donors (Lipinski definition) is 1. The summed E-state index contributed by atoms with van der Waals surface area (Å²) in [5.41, 5.74) is 2.47. The number of nitrogens with one attached hydrogen (secondary N) is 1. The third-order valence-electron chi connectivity index (χ3n) is 2.59. The summed E-state index contributed by atoms with van der Waals surface area (Å²) in [5, 5.41) is 3.28. The maximum atomic E-state index is 5.30. The van der Waals surface area contributed by atoms with Gasteiger partial charge in [-0.1, -0.05) is 19.1 Å². The first-order chi connectivity index (χ1) is 6.72. The number of rotatable bonds is 4. The van der Waals surface area contributed by atoms with E-state index >= 15 is 0 Å². The summed E-state index contributed by atoms with van der Waals surface area (Å²) in [6, 6.07) is 6.79. The summed E-state index contributed by atoms with van der Waals surface area (Å²) in [7, 11) is 3.70. The molecule has 0 heterocycles. The maximum absolute atomic E-state index is 5.30. The van der Waals surface area contributed by atoms with E-state index in [0.29, 0.717) is 6.04 Å². The molecule has 0 aliphatic rings. The Labute approximate surface area is 86.3 Å². The maximum Gasteiger partial charge on any atom is 0.122 e. The second-order valence-electron chi connectivity index (χ2n) is 3.48. The van der Waals surface area contributed by atoms with E-state index in [0.717, 1.165) is 12.2 Å². The quantitative estimate of drug-likeness (QED) is 0.793. The van der Waals surface area contributed by atoms with Crippen LogP contribution in [0.4, 0.5) is 0 Å². The highest BCUT2D eigenvalue weighted by atomic mass is 16.5. The second kappa shape index (κ2) is 5.01. The van der Waals surface area contributed by atoms with Crippen molar-refractivity contribution in [2.24, 2.45) is 0 Å². The minimum absolute atomic E-state index is 0.421. The molecule has 0 spiro atoms. The highest BCUT2D eigenvalue weighted by Crippen LogP contribution is 2.24. The third-order valence-corrected chi connectivity index (χ3v) is 2.59. The van der Waals surface area contributed by atoms with Crippen molar-refractivity contribution in [2.45, 2.75) is 26.3 Å². The molecular formula is C12H19NO. The van der Waals surface area contributed by atoms with Crippen LogP contribution in [0.3, 0.4) is 0 Å². The Morgan fingerprint density at radius 2 is 2.14 bits per heavy atom. The molecule has 0 amide bonds. The van der Waals surface area contributed by atoms with Crippen LogP contribution in [0.15, 0.2) is 18.2 Å². The minimum atomic E-state index is 0.421. The van der Waals surface area contributed by atoms with E-state index in [1.165, 1.54) is 11.1 Å². The molecule has 1 N–H and O–H groups in total. The Balaban J connectivity index is 2.98. The van der Waals surface area contributed by atoms with Crippen molar-refractivity contribution in [3.8, 4) is 5.75 Å². The molecule has 0 fully saturated rings. The van der Waals surface area contributed by atoms with Gasteiger partial charge in [0, 0.05) is 6.04 Å². The van der Waals surface area contributed by atoms with Gasteiger partial charge in [-0.15, -0.1) is 0 Å². The zero-order chi connectivity index (χ0) is 10.6. The molecule has 2 heteroatoms. The SMILES string of the molecule is CCC(NC)c1ccc(C)c(OC)c1. The molecule has 0 aliphatic heterocycles. The van der Waals surface area contributed by atoms with Crippen LogP contribution in [0, 0.1) is 6.92 Å². The molecule has 1 rings (SSSR count). The van der Waals surface area contributed by atoms with Crippen molar-refractivity contribution in [1.82, 2.24) is 5.32 Å². The predicted molar refractivity (Wildman–Crippen MR) is 59.8 cm³/mol. The fourth-order valence-corrected chi connectivity index (χ4v) is 1.66. The fraction of sp³-hybridized carbons (Fsp3) is 0.500. The van der Waals surface area contributed by atoms with Crippen LogP contribution in [-0.2, 0) is 0 Å². The largest absolute Gasteiger partial charge is 0.496 e. The molecule has 2 nitrogen and oxygen atoms in total. The van der Waals surface area contributed by atoms with Crippen LogP contribution in [0.25, 0.3) is 0 Å². The molecular weight excluding hydrogens is 174 g/mol. The number of methoxy groups -OCH3 is 1. The number of aryl methyl sites for hydroxylation is 1. The lowest BCUT2D eigenvalue weighted by atomic mass is 10.0. The zero-order valence-electron chi connectivity index (χ0n) is 9.42. The van der Waals surface area contributed by atoms with E-state index < -0.39 is 0 Å². The monoisotopic (exact) mass is 193 g/mol. The van der Waals surface area contributed by atoms with Crippen molar-refractivity contribution in [1.29, 1.82) is 0 Å². The van der Waals surface area contributed by atoms with Crippen LogP contribution in [0.5, 0.6) is 5.75 Å². The summed E-state index contributed by atoms with van der Waals surface area (Å²) in [6.45, 7) is 4.23. The van der Waals surface area contributed by atoms with Gasteiger partial charge in [0.05, 0.1) is 7.11 Å². The van der Waals surface area contributed by atoms with E-state index in [-0.39, 0.29) is 0 Å². The van der Waals surface area contributed by atoms with Gasteiger partial charge < -0.3 is 10.1 Å². The second-order valence-corrected chi connectivity index (χ2v) is 3.48. The summed E-state index contributed by atoms with van der Waals surface area (Å²) < 4.78 is 5.30. The van der Waals surface area contributed by atoms with Crippen LogP contribution in [0.2, 0.25) is 0 Å². The van der Waals surface area contributed by atoms with Gasteiger partial charge in [0.1, 0.15) is 5.75 Å². The molecule has 0 radical (unpaired) electrons. The lowest BCUT2D eigenvalue weighted by Gasteiger charge is -2.16. The van der Waals surface area contributed by atoms with Crippen LogP contribution in [0.1, 0.15) is 30.5 Å². The van der Waals surface area contributed by atoms with Crippen LogP contribution < -0.4 is 10.1 Å². The minimum Gasteiger partial charge on any atom is -0.496 e. The van der Waals surface area contributed by atoms with E-state index in [1.807, 2.05) is 7.05 Å². The van der Waals surface area contributed by atoms with Crippen molar-refractivity contribution < 1.29 is 4.74 Å². The lowest BCUT2D eigenvalue weighted by Crippen LogP contribution is -2.15. The van der Waals surface area contributed by atoms with Crippen molar-refractivity contribution in [3.63, 3.8) is 0 Å². The molecule has 0 saturated heterocycles. The molecule has 78 valence electrons. The van der Waals surface area contributed by atoms with Crippen molar-refractivity contribution in [2.75, 3.05) is 14.2 Å². The van der Waals surface area contributed by atoms with Gasteiger partial charge in [-0.2, -0.15) is 0 Å². The average Bonchev–Trinajstić information content (AvgIpc) is 2.22. The Kier molecular flexibility index (Phi) is 3.96. The van der Waals surface area contributed by atoms with E-state index in [1.54, 1.807) is 7.11 Å². The molecule has 1 aromatic rings. The van der Waals surface area contributed by atoms with Gasteiger partial charge in [0.25, 0.3) is 0 Å². The molecule has 1 aromatic carbocycles. The molecule has 1 unspecified atom stereocenters. The summed E-state index contributed by atoms with van der Waals surface area (Å²) in [4.78, 5) is 0. The van der Waals surface area contributed by atoms with Gasteiger partial charge in [-0.3, -0.25) is 0 Å². The van der Waals surface area contributed by atoms with Crippen molar-refractivity contribution in [3.05, 3.63) is 29.3 Å². The van der Waals surface area contributed by atoms with Crippen LogP contribution >= 0.6 is 0 Å². The Hall–Kier alpha value is -1.02. The third kappa shape index (κ3) is 2.26. The zero-order valence-corrected chi connectivity index (χ0v) is 9.42. The van der Waals surface area contributed by atoms with Crippen molar-refractivity contribution >= 4 is 0 Å². The average molecular weight is 193 g/mol. The Morgan fingerprint density at radius 1 is 1.43 bits per heavy atom. The molecule has 0 aliphatic carbocycles. The molecule has 0 aromatic heterocycles. The van der Waals surface area contributed by atoms with Crippen LogP contribution in [-0.4, -0.2) is 14.2 Å². The number of hydrogen-bond acceptors (Lipinski definition) is 2. The van der Waals surface area contributed by atoms with Gasteiger partial charge in [-0.05, 0) is 37.6 Å². The van der Waals surface area contributed by atoms with E-state index in [2.05, 4.69) is 37.4 Å². The Morgan fingerprint density at radius 3 is 2.64 bits per heavy atom. The molecule has 0 bridgehead atoms. The standard InChI is InChI=1S/C12H19NO/c1-5-11(13-3)10-7-6-9(2)12(8-10)14-4/h6-8,11,13H,5H2,1-4H3. The first-order valence-electron chi connectivity index (χ1n) is 5.04. The lowest BCUT2D eigenvalue weighted by molar-refractivity contribution is 0.410. The first-order valence-corrected chi connectivity index (χ1v) is 5.04. The first kappa shape index (κ1) is 11.1. The predicted octanol–water partition coefficient (Wildman–Crippen LogP) is 2.67. The van der Waals surface area contributed by atoms with Gasteiger partial charge >= 0.3 is 0 Å². The smallest absolute Gasteiger partial charge is 0.122 e. The highest BCUT2D eigenvalue weighted by Gasteiger charge is 2.08. The number of benzene rings is 1.